The summed E-state index contributed by atoms with van der Waals surface area (Å²) < 4.78 is 30.0. The van der Waals surface area contributed by atoms with E-state index in [1.54, 1.807) is 0 Å². The summed E-state index contributed by atoms with van der Waals surface area (Å²) in [6.07, 6.45) is 4.50. The van der Waals surface area contributed by atoms with Crippen LogP contribution in [0.2, 0.25) is 0 Å². The predicted octanol–water partition coefficient (Wildman–Crippen LogP) is 3.28. The Morgan fingerprint density at radius 2 is 1.45 bits per heavy atom. The molecule has 9 nitrogen and oxygen atoms in total. The molecule has 38 heavy (non-hydrogen) atoms. The maximum Gasteiger partial charge on any atom is 0.309 e. The van der Waals surface area contributed by atoms with E-state index >= 15 is 0 Å². The van der Waals surface area contributed by atoms with Gasteiger partial charge in [0.05, 0.1) is 38.3 Å². The topological polar surface area (TPSA) is 121 Å². The van der Waals surface area contributed by atoms with Crippen LogP contribution in [0.25, 0.3) is 0 Å². The summed E-state index contributed by atoms with van der Waals surface area (Å²) in [6, 6.07) is 9.54. The summed E-state index contributed by atoms with van der Waals surface area (Å²) in [5.41, 5.74) is 0.903. The van der Waals surface area contributed by atoms with Crippen molar-refractivity contribution in [2.24, 2.45) is 11.8 Å². The molecule has 0 amide bonds. The first-order valence-electron chi connectivity index (χ1n) is 14.1. The van der Waals surface area contributed by atoms with E-state index < -0.39 is 37.3 Å². The Kier molecular flexibility index (Phi) is 11.4. The van der Waals surface area contributed by atoms with E-state index in [2.05, 4.69) is 0 Å². The molecule has 4 rings (SSSR count). The van der Waals surface area contributed by atoms with Crippen molar-refractivity contribution in [2.75, 3.05) is 19.8 Å². The second-order valence-electron chi connectivity index (χ2n) is 10.7. The molecule has 0 radical (unpaired) electrons. The van der Waals surface area contributed by atoms with Gasteiger partial charge in [0.15, 0.2) is 18.5 Å². The van der Waals surface area contributed by atoms with Gasteiger partial charge in [0.1, 0.15) is 12.2 Å². The highest BCUT2D eigenvalue weighted by Crippen LogP contribution is 2.32. The first-order valence-corrected chi connectivity index (χ1v) is 14.1. The van der Waals surface area contributed by atoms with Gasteiger partial charge < -0.3 is 33.9 Å². The van der Waals surface area contributed by atoms with Crippen LogP contribution in [0, 0.1) is 11.8 Å². The maximum absolute atomic E-state index is 13.3. The van der Waals surface area contributed by atoms with Crippen molar-refractivity contribution in [1.82, 2.24) is 0 Å². The molecule has 2 saturated carbocycles. The molecule has 0 bridgehead atoms. The zero-order valence-electron chi connectivity index (χ0n) is 22.1. The lowest BCUT2D eigenvalue weighted by Gasteiger charge is -2.42. The molecule has 1 aromatic carbocycles. The number of esters is 2. The van der Waals surface area contributed by atoms with Crippen LogP contribution in [-0.2, 0) is 39.9 Å². The summed E-state index contributed by atoms with van der Waals surface area (Å²) in [5, 5.41) is 19.1. The third-order valence-electron chi connectivity index (χ3n) is 7.73. The van der Waals surface area contributed by atoms with Gasteiger partial charge in [0.2, 0.25) is 0 Å². The fourth-order valence-corrected chi connectivity index (χ4v) is 5.48. The normalized spacial score (nSPS) is 27.9. The van der Waals surface area contributed by atoms with Crippen LogP contribution in [0.4, 0.5) is 0 Å². The quantitative estimate of drug-likeness (QED) is 0.412. The molecule has 3 fully saturated rings. The second kappa shape index (κ2) is 14.9. The smallest absolute Gasteiger partial charge is 0.309 e. The highest BCUT2D eigenvalue weighted by molar-refractivity contribution is 5.74. The summed E-state index contributed by atoms with van der Waals surface area (Å²) in [5.74, 6) is -0.992. The van der Waals surface area contributed by atoms with E-state index in [-0.39, 0.29) is 43.6 Å². The Bertz CT molecular complexity index is 851. The lowest BCUT2D eigenvalue weighted by atomic mass is 9.89. The molecule has 1 aliphatic heterocycles. The van der Waals surface area contributed by atoms with E-state index in [4.69, 9.17) is 23.7 Å². The van der Waals surface area contributed by atoms with Gasteiger partial charge in [0.25, 0.3) is 0 Å². The number of rotatable bonds is 11. The number of ether oxygens (including phenoxy) is 5. The van der Waals surface area contributed by atoms with E-state index in [1.165, 1.54) is 0 Å². The van der Waals surface area contributed by atoms with Crippen LogP contribution >= 0.6 is 0 Å². The molecular formula is C29H42O9. The molecule has 2 aliphatic carbocycles. The van der Waals surface area contributed by atoms with Crippen molar-refractivity contribution < 1.29 is 43.5 Å². The van der Waals surface area contributed by atoms with Crippen molar-refractivity contribution in [1.29, 1.82) is 0 Å². The zero-order valence-corrected chi connectivity index (χ0v) is 22.1. The zero-order chi connectivity index (χ0) is 26.7. The number of hydrogen-bond donors (Lipinski definition) is 2. The molecule has 1 aromatic rings. The molecule has 0 spiro atoms. The van der Waals surface area contributed by atoms with Gasteiger partial charge in [-0.1, -0.05) is 68.9 Å². The molecule has 9 heteroatoms. The van der Waals surface area contributed by atoms with Crippen LogP contribution < -0.4 is 0 Å². The fraction of sp³-hybridized carbons (Fsp3) is 0.724. The van der Waals surface area contributed by atoms with Crippen molar-refractivity contribution in [3.8, 4) is 0 Å². The highest BCUT2D eigenvalue weighted by atomic mass is 16.7. The first kappa shape index (κ1) is 29.0. The van der Waals surface area contributed by atoms with Gasteiger partial charge in [-0.05, 0) is 31.2 Å². The van der Waals surface area contributed by atoms with Gasteiger partial charge in [-0.15, -0.1) is 0 Å². The SMILES string of the molecule is O=C(O[C@@H]1[C@@H](OCc2ccccc2)[C@@H](OC[C@@H](O)CO)OC[C@H]1OC(=O)C1CCCCC1)C1CCCCC1. The number of carbonyl (C=O) groups is 2. The Labute approximate surface area is 224 Å². The molecular weight excluding hydrogens is 492 g/mol. The van der Waals surface area contributed by atoms with Gasteiger partial charge in [0, 0.05) is 0 Å². The summed E-state index contributed by atoms with van der Waals surface area (Å²) in [4.78, 5) is 26.3. The van der Waals surface area contributed by atoms with Gasteiger partial charge >= 0.3 is 11.9 Å². The Morgan fingerprint density at radius 3 is 2.05 bits per heavy atom. The average Bonchev–Trinajstić information content (AvgIpc) is 2.97. The van der Waals surface area contributed by atoms with Crippen LogP contribution in [0.15, 0.2) is 30.3 Å². The molecule has 1 heterocycles. The Hall–Kier alpha value is -2.04. The van der Waals surface area contributed by atoms with E-state index in [0.29, 0.717) is 0 Å². The molecule has 0 aromatic heterocycles. The Balaban J connectivity index is 1.53. The summed E-state index contributed by atoms with van der Waals surface area (Å²) in [7, 11) is 0. The third-order valence-corrected chi connectivity index (χ3v) is 7.73. The molecule has 212 valence electrons. The van der Waals surface area contributed by atoms with E-state index in [9.17, 15) is 19.8 Å². The molecule has 1 saturated heterocycles. The minimum absolute atomic E-state index is 0.0356. The third kappa shape index (κ3) is 8.23. The van der Waals surface area contributed by atoms with Crippen LogP contribution in [0.3, 0.4) is 0 Å². The number of carbonyl (C=O) groups excluding carboxylic acids is 2. The maximum atomic E-state index is 13.3. The molecule has 2 N–H and O–H groups in total. The lowest BCUT2D eigenvalue weighted by Crippen LogP contribution is -2.58. The minimum atomic E-state index is -1.10. The van der Waals surface area contributed by atoms with Crippen molar-refractivity contribution in [2.45, 2.75) is 102 Å². The summed E-state index contributed by atoms with van der Waals surface area (Å²) >= 11 is 0. The number of aliphatic hydroxyl groups is 2. The van der Waals surface area contributed by atoms with Gasteiger partial charge in [-0.2, -0.15) is 0 Å². The van der Waals surface area contributed by atoms with Crippen LogP contribution in [-0.4, -0.2) is 72.7 Å². The average molecular weight is 535 g/mol. The van der Waals surface area contributed by atoms with Gasteiger partial charge in [-0.25, -0.2) is 0 Å². The van der Waals surface area contributed by atoms with E-state index in [1.807, 2.05) is 30.3 Å². The molecule has 0 unspecified atom stereocenters. The number of aliphatic hydroxyl groups excluding tert-OH is 2. The fourth-order valence-electron chi connectivity index (χ4n) is 5.48. The van der Waals surface area contributed by atoms with Crippen molar-refractivity contribution in [3.63, 3.8) is 0 Å². The first-order chi connectivity index (χ1) is 18.5. The van der Waals surface area contributed by atoms with E-state index in [0.717, 1.165) is 69.8 Å². The summed E-state index contributed by atoms with van der Waals surface area (Å²) in [6.45, 7) is -0.504. The lowest BCUT2D eigenvalue weighted by molar-refractivity contribution is -0.294. The molecule has 3 aliphatic rings. The number of benzene rings is 1. The predicted molar refractivity (Wildman–Crippen MR) is 137 cm³/mol. The largest absolute Gasteiger partial charge is 0.456 e. The Morgan fingerprint density at radius 1 is 0.842 bits per heavy atom. The standard InChI is InChI=1S/C29H42O9/c30-16-23(31)18-35-29-26(34-17-20-10-4-1-5-11-20)25(38-28(33)22-14-8-3-9-15-22)24(19-36-29)37-27(32)21-12-6-2-7-13-21/h1,4-5,10-11,21-26,29-31H,2-3,6-9,12-19H2/t23-,24+,25-,26+,29-/m0/s1. The van der Waals surface area contributed by atoms with Crippen LogP contribution in [0.5, 0.6) is 0 Å². The second-order valence-corrected chi connectivity index (χ2v) is 10.7. The monoisotopic (exact) mass is 534 g/mol. The van der Waals surface area contributed by atoms with Gasteiger partial charge in [-0.3, -0.25) is 9.59 Å². The molecule has 5 atom stereocenters. The van der Waals surface area contributed by atoms with Crippen molar-refractivity contribution in [3.05, 3.63) is 35.9 Å². The van der Waals surface area contributed by atoms with Crippen LogP contribution in [0.1, 0.15) is 69.8 Å². The van der Waals surface area contributed by atoms with Crippen molar-refractivity contribution >= 4 is 11.9 Å². The highest BCUT2D eigenvalue weighted by Gasteiger charge is 2.48. The minimum Gasteiger partial charge on any atom is -0.456 e. The number of hydrogen-bond acceptors (Lipinski definition) is 9.